The summed E-state index contributed by atoms with van der Waals surface area (Å²) in [5.41, 5.74) is 13.8. The number of nitrogens with zero attached hydrogens (tertiary/aromatic N) is 9. The average Bonchev–Trinajstić information content (AvgIpc) is 1.72. The number of rotatable bonds is 21. The molecule has 0 amide bonds. The molecule has 0 spiro atoms. The fourth-order valence-electron chi connectivity index (χ4n) is 9.86. The van der Waals surface area contributed by atoms with Gasteiger partial charge >= 0.3 is 18.5 Å². The Balaban J connectivity index is 0.000000310. The minimum Gasteiger partial charge on any atom is -0.451 e. The lowest BCUT2D eigenvalue weighted by Gasteiger charge is -2.21. The topological polar surface area (TPSA) is 259 Å². The molecule has 0 aliphatic heterocycles. The van der Waals surface area contributed by atoms with Crippen LogP contribution in [0.3, 0.4) is 0 Å². The van der Waals surface area contributed by atoms with E-state index in [4.69, 9.17) is 37.9 Å². The van der Waals surface area contributed by atoms with E-state index in [0.717, 1.165) is 50.5 Å². The number of benzene rings is 3. The smallest absolute Gasteiger partial charge is 0.451 e. The molecule has 97 heavy (non-hydrogen) atoms. The zero-order valence-corrected chi connectivity index (χ0v) is 61.7. The third-order valence-corrected chi connectivity index (χ3v) is 15.6. The van der Waals surface area contributed by atoms with Crippen LogP contribution in [0.15, 0.2) is 72.8 Å². The lowest BCUT2D eigenvalue weighted by molar-refractivity contribution is -0.0694. The van der Waals surface area contributed by atoms with Crippen molar-refractivity contribution in [1.29, 1.82) is 15.8 Å². The normalized spacial score (nSPS) is 13.1. The Labute approximate surface area is 574 Å². The second-order valence-electron chi connectivity index (χ2n) is 26.6. The van der Waals surface area contributed by atoms with Crippen LogP contribution < -0.4 is 0 Å². The van der Waals surface area contributed by atoms with Gasteiger partial charge in [-0.15, -0.1) is 0 Å². The lowest BCUT2D eigenvalue weighted by Crippen LogP contribution is -2.21. The average molecular weight is 1330 g/mol. The van der Waals surface area contributed by atoms with Crippen molar-refractivity contribution in [3.63, 3.8) is 0 Å². The third kappa shape index (κ3) is 21.6. The van der Waals surface area contributed by atoms with Crippen LogP contribution >= 0.6 is 0 Å². The largest absolute Gasteiger partial charge is 0.511 e. The molecule has 3 unspecified atom stereocenters. The van der Waals surface area contributed by atoms with Crippen LogP contribution in [0, 0.1) is 81.5 Å². The van der Waals surface area contributed by atoms with Gasteiger partial charge in [0.1, 0.15) is 52.0 Å². The highest BCUT2D eigenvalue weighted by Gasteiger charge is 2.30. The number of hydrogen-bond donors (Lipinski definition) is 0. The molecule has 0 saturated carbocycles. The molecule has 0 saturated heterocycles. The number of methoxy groups -OCH3 is 1. The first-order chi connectivity index (χ1) is 45.4. The second-order valence-corrected chi connectivity index (χ2v) is 26.6. The molecule has 0 aliphatic rings. The van der Waals surface area contributed by atoms with E-state index in [0.29, 0.717) is 87.4 Å². The van der Waals surface area contributed by atoms with Crippen LogP contribution in [-0.2, 0) is 78.5 Å². The quantitative estimate of drug-likeness (QED) is 0.0213. The summed E-state index contributed by atoms with van der Waals surface area (Å²) in [6.07, 6.45) is -5.43. The van der Waals surface area contributed by atoms with Crippen LogP contribution in [0.2, 0.25) is 0 Å². The first kappa shape index (κ1) is 79.6. The molecule has 3 aromatic carbocycles. The van der Waals surface area contributed by atoms with Gasteiger partial charge in [-0.3, -0.25) is 14.0 Å². The van der Waals surface area contributed by atoms with Gasteiger partial charge < -0.3 is 42.6 Å². The second kappa shape index (κ2) is 35.3. The highest BCUT2D eigenvalue weighted by Crippen LogP contribution is 2.37. The predicted molar refractivity (Wildman–Crippen MR) is 375 cm³/mol. The summed E-state index contributed by atoms with van der Waals surface area (Å²) in [4.78, 5) is 35.4. The molecule has 3 aromatic heterocycles. The van der Waals surface area contributed by atoms with Crippen molar-refractivity contribution in [3.05, 3.63) is 157 Å². The van der Waals surface area contributed by atoms with Gasteiger partial charge in [0, 0.05) is 57.1 Å². The Morgan fingerprint density at radius 3 is 0.897 bits per heavy atom. The fraction of sp³-hybridized carbons (Fsp3) is 0.487. The number of ether oxygens (including phenoxy) is 9. The van der Waals surface area contributed by atoms with E-state index < -0.39 is 37.3 Å². The maximum absolute atomic E-state index is 12.1. The van der Waals surface area contributed by atoms with Crippen LogP contribution in [0.4, 0.5) is 14.4 Å². The Hall–Kier alpha value is -9.81. The zero-order valence-electron chi connectivity index (χ0n) is 61.7. The summed E-state index contributed by atoms with van der Waals surface area (Å²) in [5, 5.41) is 44.1. The SMILES string of the molecule is CCOC(=O)OC(C)O/C(=C(/C#N)c1ccc(C(C)(C)C)cc1)c1c(C)c(C)nn1CC.CCn1nc(C)c(C)c1/C(OC(C)OC(=O)OC)=C(\C#N)c1ccc(C(C)(C)C)cc1.CCn1nc(C)c(C)c1/C(OC(C)OC(=O)OCC(C)C)=C(\C#N)c1ccc(C(C)(C)C)cc1. The number of aryl methyl sites for hydroxylation is 6. The van der Waals surface area contributed by atoms with Gasteiger partial charge in [-0.25, -0.2) is 14.4 Å². The van der Waals surface area contributed by atoms with Crippen molar-refractivity contribution in [3.8, 4) is 18.2 Å². The van der Waals surface area contributed by atoms with Gasteiger partial charge in [-0.2, -0.15) is 31.1 Å². The summed E-state index contributed by atoms with van der Waals surface area (Å²) in [6.45, 7) is 49.2. The van der Waals surface area contributed by atoms with E-state index in [1.807, 2.05) is 149 Å². The van der Waals surface area contributed by atoms with Gasteiger partial charge in [0.25, 0.3) is 0 Å². The maximum Gasteiger partial charge on any atom is 0.511 e. The van der Waals surface area contributed by atoms with E-state index in [9.17, 15) is 30.2 Å². The van der Waals surface area contributed by atoms with E-state index in [1.54, 1.807) is 41.7 Å². The molecule has 6 aromatic rings. The van der Waals surface area contributed by atoms with Crippen molar-refractivity contribution in [2.24, 2.45) is 5.92 Å². The fourth-order valence-corrected chi connectivity index (χ4v) is 9.86. The molecular weight excluding hydrogens is 1230 g/mol. The van der Waals surface area contributed by atoms with Gasteiger partial charge in [0.05, 0.1) is 37.4 Å². The van der Waals surface area contributed by atoms with Crippen molar-refractivity contribution < 1.29 is 57.0 Å². The van der Waals surface area contributed by atoms with Gasteiger partial charge in [-0.05, 0) is 125 Å². The summed E-state index contributed by atoms with van der Waals surface area (Å²) >= 11 is 0. The number of hydrogen-bond acceptors (Lipinski definition) is 18. The Morgan fingerprint density at radius 1 is 0.423 bits per heavy atom. The number of carbonyl (C=O) groups excluding carboxylic acids is 3. The molecule has 21 heteroatoms. The molecule has 0 aliphatic carbocycles. The van der Waals surface area contributed by atoms with Crippen molar-refractivity contribution in [1.82, 2.24) is 29.3 Å². The molecule has 0 radical (unpaired) electrons. The highest BCUT2D eigenvalue weighted by molar-refractivity contribution is 5.96. The Kier molecular flexibility index (Phi) is 28.9. The predicted octanol–water partition coefficient (Wildman–Crippen LogP) is 17.5. The Morgan fingerprint density at radius 2 is 0.680 bits per heavy atom. The summed E-state index contributed by atoms with van der Waals surface area (Å²) in [7, 11) is 1.23. The Bertz CT molecular complexity index is 3900. The van der Waals surface area contributed by atoms with Crippen molar-refractivity contribution in [2.45, 2.75) is 221 Å². The molecule has 0 N–H and O–H groups in total. The minimum atomic E-state index is -0.980. The molecule has 0 bridgehead atoms. The molecule has 6 rings (SSSR count). The summed E-state index contributed by atoms with van der Waals surface area (Å²) < 4.78 is 53.7. The third-order valence-electron chi connectivity index (χ3n) is 15.6. The summed E-state index contributed by atoms with van der Waals surface area (Å²) in [5.74, 6) is 1.12. The van der Waals surface area contributed by atoms with Gasteiger partial charge in [0.2, 0.25) is 18.9 Å². The molecule has 3 heterocycles. The van der Waals surface area contributed by atoms with E-state index >= 15 is 0 Å². The van der Waals surface area contributed by atoms with Crippen LogP contribution in [-0.4, -0.2) is 87.0 Å². The molecule has 0 fully saturated rings. The number of allylic oxidation sites excluding steroid dienone is 3. The maximum atomic E-state index is 12.1. The van der Waals surface area contributed by atoms with Crippen LogP contribution in [0.1, 0.15) is 209 Å². The van der Waals surface area contributed by atoms with E-state index in [2.05, 4.69) is 101 Å². The number of carbonyl (C=O) groups is 3. The van der Waals surface area contributed by atoms with E-state index in [1.165, 1.54) is 7.11 Å². The molecular formula is C76H101N9O12. The molecule has 3 atom stereocenters. The first-order valence-electron chi connectivity index (χ1n) is 32.7. The first-order valence-corrected chi connectivity index (χ1v) is 32.7. The highest BCUT2D eigenvalue weighted by atomic mass is 16.8. The number of aromatic nitrogens is 6. The molecule has 21 nitrogen and oxygen atoms in total. The monoisotopic (exact) mass is 1330 g/mol. The van der Waals surface area contributed by atoms with Crippen molar-refractivity contribution in [2.75, 3.05) is 20.3 Å². The van der Waals surface area contributed by atoms with Crippen LogP contribution in [0.5, 0.6) is 0 Å². The summed E-state index contributed by atoms with van der Waals surface area (Å²) in [6, 6.07) is 30.4. The lowest BCUT2D eigenvalue weighted by atomic mass is 9.86. The van der Waals surface area contributed by atoms with Gasteiger partial charge in [-0.1, -0.05) is 149 Å². The van der Waals surface area contributed by atoms with Gasteiger partial charge in [0.15, 0.2) is 17.3 Å². The molecule has 522 valence electrons. The minimum absolute atomic E-state index is 0.00816. The number of nitriles is 3. The zero-order chi connectivity index (χ0) is 73.0. The van der Waals surface area contributed by atoms with Crippen molar-refractivity contribution >= 4 is 52.5 Å². The standard InChI is InChI=1S/C27H37N3O4.C25H33N3O4.C24H31N3O4/c1-10-30-24(18(4)19(5)29-30)25(33-20(6)34-26(31)32-16-17(2)3)23(15-28)21-11-13-22(14-12-21)27(7,8)9;1-9-28-22(16(3)17(4)27-28)23(31-18(5)32-24(29)30-10-2)21(15-26)19-11-13-20(14-12-19)25(6,7)8;1-9-27-21(15(2)16(3)26-27)22(30-17(4)31-23(28)29-8)20(14-25)18-10-12-19(13-11-18)24(5,6)7/h11-14,17,20H,10,16H2,1-9H3;11-14,18H,9-10H2,1-8H3;10-13,17H,9H2,1-8H3/b25-23-;23-21-;22-20-. The van der Waals surface area contributed by atoms with E-state index in [-0.39, 0.29) is 35.4 Å². The van der Waals surface area contributed by atoms with Crippen LogP contribution in [0.25, 0.3) is 34.0 Å².